The second-order valence-electron chi connectivity index (χ2n) is 5.54. The summed E-state index contributed by atoms with van der Waals surface area (Å²) in [6.45, 7) is 0.649. The second-order valence-corrected chi connectivity index (χ2v) is 5.54. The summed E-state index contributed by atoms with van der Waals surface area (Å²) < 4.78 is 26.5. The lowest BCUT2D eigenvalue weighted by Crippen LogP contribution is -2.15. The molecule has 1 aromatic heterocycles. The predicted octanol–water partition coefficient (Wildman–Crippen LogP) is 3.66. The molecule has 3 rings (SSSR count). The molecule has 0 unspecified atom stereocenters. The van der Waals surface area contributed by atoms with E-state index >= 15 is 0 Å². The zero-order valence-corrected chi connectivity index (χ0v) is 13.7. The van der Waals surface area contributed by atoms with E-state index in [4.69, 9.17) is 0 Å². The summed E-state index contributed by atoms with van der Waals surface area (Å²) in [6, 6.07) is 12.9. The molecule has 0 saturated heterocycles. The zero-order chi connectivity index (χ0) is 18.4. The van der Waals surface area contributed by atoms with Gasteiger partial charge in [-0.2, -0.15) is 0 Å². The largest absolute Gasteiger partial charge is 0.354 e. The Balaban J connectivity index is 1.55. The molecule has 0 aliphatic carbocycles. The fourth-order valence-corrected chi connectivity index (χ4v) is 2.29. The summed E-state index contributed by atoms with van der Waals surface area (Å²) in [5.74, 6) is -1.75. The fraction of sp³-hybridized carbons (Fsp3) is 0.105. The van der Waals surface area contributed by atoms with Crippen molar-refractivity contribution < 1.29 is 13.6 Å². The number of carbonyl (C=O) groups excluding carboxylic acids is 1. The summed E-state index contributed by atoms with van der Waals surface area (Å²) >= 11 is 0. The molecule has 0 aliphatic rings. The van der Waals surface area contributed by atoms with Crippen LogP contribution in [0, 0.1) is 11.6 Å². The number of hydrogen-bond donors (Lipinski definition) is 2. The van der Waals surface area contributed by atoms with Crippen molar-refractivity contribution in [2.24, 2.45) is 0 Å². The van der Waals surface area contributed by atoms with Gasteiger partial charge in [0.15, 0.2) is 0 Å². The standard InChI is InChI=1S/C19H16F2N4O/c20-15-6-7-17(16(21)10-15)25-18(26)14-11-23-19(24-12-14)22-9-8-13-4-2-1-3-5-13/h1-7,10-12H,8-9H2,(H,25,26)(H,22,23,24). The Morgan fingerprint density at radius 1 is 1.00 bits per heavy atom. The van der Waals surface area contributed by atoms with Crippen molar-refractivity contribution in [2.75, 3.05) is 17.2 Å². The van der Waals surface area contributed by atoms with Crippen molar-refractivity contribution in [1.82, 2.24) is 9.97 Å². The average Bonchev–Trinajstić information content (AvgIpc) is 2.65. The molecule has 1 amide bonds. The van der Waals surface area contributed by atoms with Gasteiger partial charge in [0.25, 0.3) is 5.91 Å². The van der Waals surface area contributed by atoms with Crippen LogP contribution in [0.2, 0.25) is 0 Å². The van der Waals surface area contributed by atoms with Gasteiger partial charge in [0, 0.05) is 25.0 Å². The van der Waals surface area contributed by atoms with Gasteiger partial charge in [-0.25, -0.2) is 18.7 Å². The van der Waals surface area contributed by atoms with E-state index in [0.29, 0.717) is 18.6 Å². The number of nitrogens with zero attached hydrogens (tertiary/aromatic N) is 2. The van der Waals surface area contributed by atoms with E-state index in [1.165, 1.54) is 18.0 Å². The smallest absolute Gasteiger partial charge is 0.258 e. The van der Waals surface area contributed by atoms with Crippen molar-refractivity contribution in [2.45, 2.75) is 6.42 Å². The van der Waals surface area contributed by atoms with Crippen LogP contribution in [-0.2, 0) is 6.42 Å². The van der Waals surface area contributed by atoms with E-state index in [1.54, 1.807) is 0 Å². The summed E-state index contributed by atoms with van der Waals surface area (Å²) in [5, 5.41) is 5.43. The van der Waals surface area contributed by atoms with Crippen molar-refractivity contribution in [3.63, 3.8) is 0 Å². The molecule has 5 nitrogen and oxygen atoms in total. The van der Waals surface area contributed by atoms with Gasteiger partial charge >= 0.3 is 0 Å². The SMILES string of the molecule is O=C(Nc1ccc(F)cc1F)c1cnc(NCCc2ccccc2)nc1. The second kappa shape index (κ2) is 8.15. The highest BCUT2D eigenvalue weighted by molar-refractivity contribution is 6.03. The quantitative estimate of drug-likeness (QED) is 0.709. The van der Waals surface area contributed by atoms with Gasteiger partial charge in [-0.05, 0) is 24.1 Å². The minimum Gasteiger partial charge on any atom is -0.354 e. The monoisotopic (exact) mass is 354 g/mol. The Kier molecular flexibility index (Phi) is 5.48. The summed E-state index contributed by atoms with van der Waals surface area (Å²) in [4.78, 5) is 20.2. The van der Waals surface area contributed by atoms with E-state index in [9.17, 15) is 13.6 Å². The van der Waals surface area contributed by atoms with Crippen LogP contribution < -0.4 is 10.6 Å². The number of rotatable bonds is 6. The highest BCUT2D eigenvalue weighted by atomic mass is 19.1. The third-order valence-electron chi connectivity index (χ3n) is 3.63. The molecule has 7 heteroatoms. The van der Waals surface area contributed by atoms with Gasteiger partial charge in [0.2, 0.25) is 5.95 Å². The summed E-state index contributed by atoms with van der Waals surface area (Å²) in [7, 11) is 0. The summed E-state index contributed by atoms with van der Waals surface area (Å²) in [6.07, 6.45) is 3.50. The summed E-state index contributed by atoms with van der Waals surface area (Å²) in [5.41, 5.74) is 1.25. The molecule has 132 valence electrons. The molecule has 0 radical (unpaired) electrons. The first-order valence-corrected chi connectivity index (χ1v) is 7.98. The average molecular weight is 354 g/mol. The van der Waals surface area contributed by atoms with Crippen LogP contribution in [0.25, 0.3) is 0 Å². The van der Waals surface area contributed by atoms with Gasteiger partial charge in [-0.15, -0.1) is 0 Å². The topological polar surface area (TPSA) is 66.9 Å². The number of benzene rings is 2. The highest BCUT2D eigenvalue weighted by Crippen LogP contribution is 2.16. The third kappa shape index (κ3) is 4.60. The predicted molar refractivity (Wildman–Crippen MR) is 95.0 cm³/mol. The Morgan fingerprint density at radius 3 is 2.42 bits per heavy atom. The maximum absolute atomic E-state index is 13.6. The lowest BCUT2D eigenvalue weighted by Gasteiger charge is -2.07. The fourth-order valence-electron chi connectivity index (χ4n) is 2.29. The first-order chi connectivity index (χ1) is 12.6. The van der Waals surface area contributed by atoms with E-state index in [1.807, 2.05) is 30.3 Å². The third-order valence-corrected chi connectivity index (χ3v) is 3.63. The number of hydrogen-bond acceptors (Lipinski definition) is 4. The number of aromatic nitrogens is 2. The van der Waals surface area contributed by atoms with Crippen molar-refractivity contribution in [3.05, 3.63) is 83.7 Å². The Labute approximate surface area is 149 Å². The lowest BCUT2D eigenvalue weighted by atomic mass is 10.1. The molecule has 3 aromatic rings. The molecule has 1 heterocycles. The van der Waals surface area contributed by atoms with E-state index in [0.717, 1.165) is 18.6 Å². The van der Waals surface area contributed by atoms with Gasteiger partial charge in [0.05, 0.1) is 11.3 Å². The van der Waals surface area contributed by atoms with Gasteiger partial charge in [-0.1, -0.05) is 30.3 Å². The van der Waals surface area contributed by atoms with Crippen LogP contribution in [0.1, 0.15) is 15.9 Å². The lowest BCUT2D eigenvalue weighted by molar-refractivity contribution is 0.102. The van der Waals surface area contributed by atoms with Crippen molar-refractivity contribution in [3.8, 4) is 0 Å². The molecule has 2 N–H and O–H groups in total. The Hall–Kier alpha value is -3.35. The normalized spacial score (nSPS) is 10.4. The van der Waals surface area contributed by atoms with E-state index in [-0.39, 0.29) is 11.3 Å². The molecule has 0 aliphatic heterocycles. The Bertz CT molecular complexity index is 886. The molecule has 0 atom stereocenters. The van der Waals surface area contributed by atoms with Gasteiger partial charge in [0.1, 0.15) is 11.6 Å². The molecule has 0 bridgehead atoms. The zero-order valence-electron chi connectivity index (χ0n) is 13.7. The van der Waals surface area contributed by atoms with Crippen molar-refractivity contribution in [1.29, 1.82) is 0 Å². The van der Waals surface area contributed by atoms with Crippen LogP contribution in [-0.4, -0.2) is 22.4 Å². The molecule has 0 spiro atoms. The highest BCUT2D eigenvalue weighted by Gasteiger charge is 2.11. The van der Waals surface area contributed by atoms with Crippen LogP contribution in [0.5, 0.6) is 0 Å². The van der Waals surface area contributed by atoms with Crippen LogP contribution >= 0.6 is 0 Å². The minimum atomic E-state index is -0.849. The first kappa shape index (κ1) is 17.5. The molecule has 26 heavy (non-hydrogen) atoms. The maximum atomic E-state index is 13.6. The van der Waals surface area contributed by atoms with Crippen LogP contribution in [0.4, 0.5) is 20.4 Å². The number of anilines is 2. The van der Waals surface area contributed by atoms with Gasteiger partial charge < -0.3 is 10.6 Å². The number of halogens is 2. The van der Waals surface area contributed by atoms with Crippen molar-refractivity contribution >= 4 is 17.5 Å². The van der Waals surface area contributed by atoms with Crippen LogP contribution in [0.3, 0.4) is 0 Å². The van der Waals surface area contributed by atoms with E-state index < -0.39 is 17.5 Å². The number of amides is 1. The number of carbonyl (C=O) groups is 1. The molecule has 2 aromatic carbocycles. The molecule has 0 fully saturated rings. The van der Waals surface area contributed by atoms with Crippen LogP contribution in [0.15, 0.2) is 60.9 Å². The van der Waals surface area contributed by atoms with E-state index in [2.05, 4.69) is 20.6 Å². The molecular formula is C19H16F2N4O. The van der Waals surface area contributed by atoms with Gasteiger partial charge in [-0.3, -0.25) is 4.79 Å². The maximum Gasteiger partial charge on any atom is 0.258 e. The molecular weight excluding hydrogens is 338 g/mol. The minimum absolute atomic E-state index is 0.110. The molecule has 0 saturated carbocycles. The first-order valence-electron chi connectivity index (χ1n) is 7.98. The Morgan fingerprint density at radius 2 is 1.73 bits per heavy atom. The number of nitrogens with one attached hydrogen (secondary N) is 2.